The molecule has 1 atom stereocenters. The Balaban J connectivity index is 2.10. The zero-order valence-corrected chi connectivity index (χ0v) is 19.0. The van der Waals surface area contributed by atoms with E-state index >= 15 is 0 Å². The van der Waals surface area contributed by atoms with Crippen LogP contribution in [0.5, 0.6) is 11.5 Å². The third-order valence-corrected chi connectivity index (χ3v) is 5.76. The van der Waals surface area contributed by atoms with Gasteiger partial charge in [-0.05, 0) is 38.0 Å². The smallest absolute Gasteiger partial charge is 0.338 e. The second-order valence-electron chi connectivity index (χ2n) is 7.03. The number of thioether (sulfide) groups is 1. The van der Waals surface area contributed by atoms with Gasteiger partial charge in [0.2, 0.25) is 5.91 Å². The Morgan fingerprint density at radius 1 is 1.32 bits per heavy atom. The molecule has 1 amide bonds. The van der Waals surface area contributed by atoms with E-state index in [9.17, 15) is 9.59 Å². The summed E-state index contributed by atoms with van der Waals surface area (Å²) in [6.07, 6.45) is 2.76. The first kappa shape index (κ1) is 22.9. The van der Waals surface area contributed by atoms with E-state index < -0.39 is 12.0 Å². The lowest BCUT2D eigenvalue weighted by Crippen LogP contribution is -2.45. The maximum absolute atomic E-state index is 13.0. The Labute approximate surface area is 187 Å². The molecule has 31 heavy (non-hydrogen) atoms. The Bertz CT molecular complexity index is 925. The standard InChI is InChI=1S/C23H28N2O5S/c1-5-11-29-17-9-8-16(14-18(17)28-7-3)21-20(22(27)30-12-6-2)15(4)24-23-25(21)19(26)10-13-31-23/h6,8-9,14,21H,2,5,7,10-13H2,1,3-4H3/t21-/m0/s1. The van der Waals surface area contributed by atoms with Gasteiger partial charge in [-0.1, -0.05) is 37.4 Å². The highest BCUT2D eigenvalue weighted by molar-refractivity contribution is 8.14. The molecule has 1 aromatic rings. The van der Waals surface area contributed by atoms with Gasteiger partial charge >= 0.3 is 5.97 Å². The lowest BCUT2D eigenvalue weighted by Gasteiger charge is -2.39. The molecule has 7 nitrogen and oxygen atoms in total. The van der Waals surface area contributed by atoms with Crippen LogP contribution in [0.1, 0.15) is 45.2 Å². The summed E-state index contributed by atoms with van der Waals surface area (Å²) in [5.74, 6) is 1.28. The van der Waals surface area contributed by atoms with Crippen molar-refractivity contribution in [3.8, 4) is 11.5 Å². The van der Waals surface area contributed by atoms with Crippen LogP contribution in [-0.2, 0) is 14.3 Å². The Morgan fingerprint density at radius 3 is 2.84 bits per heavy atom. The fourth-order valence-corrected chi connectivity index (χ4v) is 4.49. The number of nitrogens with zero attached hydrogens (tertiary/aromatic N) is 2. The molecule has 1 aromatic carbocycles. The summed E-state index contributed by atoms with van der Waals surface area (Å²) in [5, 5.41) is 0.600. The molecule has 1 saturated heterocycles. The SMILES string of the molecule is C=CCOC(=O)C1=C(C)N=C2SCCC(=O)N2[C@H]1c1ccc(OCCC)c(OCC)c1. The van der Waals surface area contributed by atoms with E-state index in [1.165, 1.54) is 17.8 Å². The second-order valence-corrected chi connectivity index (χ2v) is 8.10. The quantitative estimate of drug-likeness (QED) is 0.419. The van der Waals surface area contributed by atoms with Gasteiger partial charge in [-0.2, -0.15) is 0 Å². The molecule has 2 aliphatic heterocycles. The number of benzene rings is 1. The van der Waals surface area contributed by atoms with Crippen molar-refractivity contribution in [1.29, 1.82) is 0 Å². The first-order chi connectivity index (χ1) is 15.0. The van der Waals surface area contributed by atoms with Gasteiger partial charge in [0.1, 0.15) is 6.61 Å². The summed E-state index contributed by atoms with van der Waals surface area (Å²) in [6, 6.07) is 4.87. The number of hydrogen-bond acceptors (Lipinski definition) is 7. The van der Waals surface area contributed by atoms with Crippen LogP contribution in [-0.4, -0.2) is 47.5 Å². The number of aliphatic imine (C=N–C) groups is 1. The number of esters is 1. The Hall–Kier alpha value is -2.74. The van der Waals surface area contributed by atoms with E-state index in [4.69, 9.17) is 14.2 Å². The minimum atomic E-state index is -0.649. The van der Waals surface area contributed by atoms with Gasteiger partial charge in [-0.25, -0.2) is 9.79 Å². The zero-order valence-electron chi connectivity index (χ0n) is 18.2. The molecule has 0 spiro atoms. The molecule has 0 aliphatic carbocycles. The largest absolute Gasteiger partial charge is 0.490 e. The third kappa shape index (κ3) is 4.95. The summed E-state index contributed by atoms with van der Waals surface area (Å²) >= 11 is 1.51. The number of amides is 1. The first-order valence-electron chi connectivity index (χ1n) is 10.4. The molecule has 1 fully saturated rings. The van der Waals surface area contributed by atoms with Crippen LogP contribution in [0.2, 0.25) is 0 Å². The monoisotopic (exact) mass is 444 g/mol. The number of ether oxygens (including phenoxy) is 3. The topological polar surface area (TPSA) is 77.4 Å². The number of allylic oxidation sites excluding steroid dienone is 1. The van der Waals surface area contributed by atoms with E-state index in [1.807, 2.05) is 32.0 Å². The molecular weight excluding hydrogens is 416 g/mol. The third-order valence-electron chi connectivity index (χ3n) is 4.80. The van der Waals surface area contributed by atoms with E-state index in [0.717, 1.165) is 12.0 Å². The fourth-order valence-electron chi connectivity index (χ4n) is 3.48. The van der Waals surface area contributed by atoms with Crippen LogP contribution in [0.25, 0.3) is 0 Å². The van der Waals surface area contributed by atoms with Crippen molar-refractivity contribution in [1.82, 2.24) is 4.90 Å². The molecule has 2 heterocycles. The molecule has 0 bridgehead atoms. The van der Waals surface area contributed by atoms with E-state index in [2.05, 4.69) is 11.6 Å². The van der Waals surface area contributed by atoms with Crippen molar-refractivity contribution in [2.24, 2.45) is 4.99 Å². The number of amidine groups is 1. The van der Waals surface area contributed by atoms with Gasteiger partial charge < -0.3 is 14.2 Å². The number of carbonyl (C=O) groups excluding carboxylic acids is 2. The predicted molar refractivity (Wildman–Crippen MR) is 121 cm³/mol. The maximum Gasteiger partial charge on any atom is 0.338 e. The van der Waals surface area contributed by atoms with Gasteiger partial charge in [0.25, 0.3) is 0 Å². The van der Waals surface area contributed by atoms with Gasteiger partial charge in [-0.3, -0.25) is 9.69 Å². The molecular formula is C23H28N2O5S. The molecule has 0 unspecified atom stereocenters. The molecule has 0 radical (unpaired) electrons. The van der Waals surface area contributed by atoms with Crippen LogP contribution >= 0.6 is 11.8 Å². The van der Waals surface area contributed by atoms with Gasteiger partial charge in [0, 0.05) is 12.2 Å². The average molecular weight is 445 g/mol. The van der Waals surface area contributed by atoms with E-state index in [1.54, 1.807) is 11.8 Å². The molecule has 166 valence electrons. The minimum Gasteiger partial charge on any atom is -0.490 e. The molecule has 2 aliphatic rings. The summed E-state index contributed by atoms with van der Waals surface area (Å²) in [7, 11) is 0. The van der Waals surface area contributed by atoms with Crippen LogP contribution in [0.4, 0.5) is 0 Å². The molecule has 3 rings (SSSR count). The van der Waals surface area contributed by atoms with Crippen molar-refractivity contribution < 1.29 is 23.8 Å². The molecule has 0 aromatic heterocycles. The number of hydrogen-bond donors (Lipinski definition) is 0. The zero-order chi connectivity index (χ0) is 22.4. The molecule has 0 saturated carbocycles. The Kier molecular flexibility index (Phi) is 7.79. The second kappa shape index (κ2) is 10.5. The highest BCUT2D eigenvalue weighted by Gasteiger charge is 2.42. The van der Waals surface area contributed by atoms with Crippen molar-refractivity contribution in [3.63, 3.8) is 0 Å². The van der Waals surface area contributed by atoms with Crippen molar-refractivity contribution in [3.05, 3.63) is 47.7 Å². The summed E-state index contributed by atoms with van der Waals surface area (Å²) in [5.41, 5.74) is 1.61. The number of rotatable bonds is 9. The summed E-state index contributed by atoms with van der Waals surface area (Å²) in [4.78, 5) is 32.0. The summed E-state index contributed by atoms with van der Waals surface area (Å²) < 4.78 is 17.0. The van der Waals surface area contributed by atoms with Crippen LogP contribution in [0.15, 0.2) is 47.1 Å². The van der Waals surface area contributed by atoms with Gasteiger partial charge in [0.15, 0.2) is 16.7 Å². The minimum absolute atomic E-state index is 0.0757. The number of fused-ring (bicyclic) bond motifs is 1. The highest BCUT2D eigenvalue weighted by Crippen LogP contribution is 2.42. The normalized spacial score (nSPS) is 18.3. The van der Waals surface area contributed by atoms with Crippen LogP contribution in [0, 0.1) is 0 Å². The average Bonchev–Trinajstić information content (AvgIpc) is 2.76. The van der Waals surface area contributed by atoms with Crippen LogP contribution < -0.4 is 9.47 Å². The lowest BCUT2D eigenvalue weighted by atomic mass is 9.93. The fraction of sp³-hybridized carbons (Fsp3) is 0.435. The van der Waals surface area contributed by atoms with Gasteiger partial charge in [0.05, 0.1) is 30.5 Å². The van der Waals surface area contributed by atoms with Crippen molar-refractivity contribution in [2.75, 3.05) is 25.6 Å². The van der Waals surface area contributed by atoms with E-state index in [0.29, 0.717) is 53.3 Å². The summed E-state index contributed by atoms with van der Waals surface area (Å²) in [6.45, 7) is 10.4. The Morgan fingerprint density at radius 2 is 2.13 bits per heavy atom. The van der Waals surface area contributed by atoms with Crippen LogP contribution in [0.3, 0.4) is 0 Å². The van der Waals surface area contributed by atoms with Crippen molar-refractivity contribution >= 4 is 28.8 Å². The molecule has 8 heteroatoms. The lowest BCUT2D eigenvalue weighted by molar-refractivity contribution is -0.139. The maximum atomic E-state index is 13.0. The van der Waals surface area contributed by atoms with E-state index in [-0.39, 0.29) is 12.5 Å². The first-order valence-corrected chi connectivity index (χ1v) is 11.4. The number of carbonyl (C=O) groups is 2. The molecule has 0 N–H and O–H groups in total. The van der Waals surface area contributed by atoms with Gasteiger partial charge in [-0.15, -0.1) is 0 Å². The predicted octanol–water partition coefficient (Wildman–Crippen LogP) is 4.25. The highest BCUT2D eigenvalue weighted by atomic mass is 32.2. The van der Waals surface area contributed by atoms with Crippen molar-refractivity contribution in [2.45, 2.75) is 39.7 Å².